The first-order valence-electron chi connectivity index (χ1n) is 7.57. The lowest BCUT2D eigenvalue weighted by Gasteiger charge is -2.14. The quantitative estimate of drug-likeness (QED) is 0.507. The molecule has 0 aliphatic carbocycles. The van der Waals surface area contributed by atoms with Gasteiger partial charge in [-0.05, 0) is 18.2 Å². The third-order valence-corrected chi connectivity index (χ3v) is 3.93. The Morgan fingerprint density at radius 3 is 2.07 bits per heavy atom. The number of nitrogens with two attached hydrogens (primary N) is 1. The summed E-state index contributed by atoms with van der Waals surface area (Å²) in [6, 6.07) is 1.42. The first kappa shape index (κ1) is 24.9. The second kappa shape index (κ2) is 9.15. The molecule has 0 saturated carbocycles. The summed E-state index contributed by atoms with van der Waals surface area (Å²) in [5.74, 6) is -0.629. The fraction of sp³-hybridized carbons (Fsp3) is 0.357. The summed E-state index contributed by atoms with van der Waals surface area (Å²) in [7, 11) is -3.97. The summed E-state index contributed by atoms with van der Waals surface area (Å²) in [6.07, 6.45) is -3.29. The van der Waals surface area contributed by atoms with Crippen LogP contribution in [0.15, 0.2) is 18.3 Å². The maximum absolute atomic E-state index is 12.8. The predicted octanol–water partition coefficient (Wildman–Crippen LogP) is 3.83. The lowest BCUT2D eigenvalue weighted by molar-refractivity contribution is -0.383. The van der Waals surface area contributed by atoms with Crippen molar-refractivity contribution in [3.8, 4) is 5.69 Å². The monoisotopic (exact) mass is 477 g/mol. The van der Waals surface area contributed by atoms with Crippen molar-refractivity contribution in [1.82, 2.24) is 9.78 Å². The van der Waals surface area contributed by atoms with Gasteiger partial charge in [-0.2, -0.15) is 18.3 Å². The minimum Gasteiger partial charge on any atom is -0.328 e. The first-order chi connectivity index (χ1) is 13.0. The third-order valence-electron chi connectivity index (χ3n) is 2.78. The van der Waals surface area contributed by atoms with E-state index >= 15 is 0 Å². The number of nitrogens with one attached hydrogen (secondary N) is 1. The van der Waals surface area contributed by atoms with Crippen LogP contribution in [0, 0.1) is 10.1 Å². The molecule has 15 heteroatoms. The van der Waals surface area contributed by atoms with E-state index in [1.165, 1.54) is 0 Å². The number of hydrogen-bond donors (Lipinski definition) is 2. The number of benzene rings is 1. The Labute approximate surface area is 173 Å². The summed E-state index contributed by atoms with van der Waals surface area (Å²) in [5, 5.41) is 13.5. The van der Waals surface area contributed by atoms with Crippen LogP contribution in [0.5, 0.6) is 0 Å². The number of nitro groups is 1. The molecule has 1 aromatic heterocycles. The van der Waals surface area contributed by atoms with Crippen molar-refractivity contribution < 1.29 is 26.5 Å². The van der Waals surface area contributed by atoms with Crippen molar-refractivity contribution in [2.24, 2.45) is 5.73 Å². The predicted molar refractivity (Wildman–Crippen MR) is 103 cm³/mol. The molecule has 9 nitrogen and oxygen atoms in total. The van der Waals surface area contributed by atoms with E-state index in [2.05, 4.69) is 5.10 Å². The van der Waals surface area contributed by atoms with Crippen molar-refractivity contribution in [3.05, 3.63) is 44.1 Å². The smallest absolute Gasteiger partial charge is 0.328 e. The Kier molecular flexibility index (Phi) is 7.87. The lowest BCUT2D eigenvalue weighted by Crippen LogP contribution is -2.15. The van der Waals surface area contributed by atoms with Gasteiger partial charge in [0.05, 0.1) is 26.8 Å². The second-order valence-electron chi connectivity index (χ2n) is 5.95. The van der Waals surface area contributed by atoms with Gasteiger partial charge in [-0.3, -0.25) is 14.8 Å². The van der Waals surface area contributed by atoms with E-state index < -0.39 is 48.2 Å². The van der Waals surface area contributed by atoms with Gasteiger partial charge in [0.1, 0.15) is 11.9 Å². The van der Waals surface area contributed by atoms with E-state index in [0.29, 0.717) is 29.1 Å². The van der Waals surface area contributed by atoms with Gasteiger partial charge >= 0.3 is 11.9 Å². The van der Waals surface area contributed by atoms with E-state index in [1.807, 2.05) is 18.6 Å². The number of hydrogen-bond acceptors (Lipinski definition) is 6. The normalized spacial score (nSPS) is 11.8. The Balaban J connectivity index is 0.000000960. The summed E-state index contributed by atoms with van der Waals surface area (Å²) >= 11 is 11.6. The molecule has 1 aromatic carbocycles. The fourth-order valence-corrected chi connectivity index (χ4v) is 3.04. The molecule has 2 aromatic rings. The summed E-state index contributed by atoms with van der Waals surface area (Å²) in [4.78, 5) is 10.1. The topological polar surface area (TPSA) is 133 Å². The van der Waals surface area contributed by atoms with Crippen LogP contribution >= 0.6 is 23.2 Å². The lowest BCUT2D eigenvalue weighted by atomic mass is 10.2. The molecule has 0 atom stereocenters. The molecule has 0 bridgehead atoms. The number of aromatic nitrogens is 2. The van der Waals surface area contributed by atoms with Gasteiger partial charge in [-0.1, -0.05) is 37.0 Å². The van der Waals surface area contributed by atoms with E-state index in [4.69, 9.17) is 28.9 Å². The number of anilines is 1. The average Bonchev–Trinajstić information content (AvgIpc) is 2.86. The zero-order valence-electron chi connectivity index (χ0n) is 15.2. The molecule has 0 fully saturated rings. The van der Waals surface area contributed by atoms with Gasteiger partial charge in [0.2, 0.25) is 15.8 Å². The van der Waals surface area contributed by atoms with E-state index in [0.717, 1.165) is 6.26 Å². The Hall–Kier alpha value is -2.09. The number of halogens is 5. The molecule has 0 aliphatic rings. The van der Waals surface area contributed by atoms with Gasteiger partial charge in [0, 0.05) is 0 Å². The minimum atomic E-state index is -4.73. The SMILES string of the molecule is CC(C)N.CS(=O)(=O)Nc1c([N+](=O)[O-])cnn1-c1c(Cl)cc(C(F)(F)F)cc1Cl. The molecular formula is C14H16Cl2F3N5O4S. The molecule has 0 spiro atoms. The van der Waals surface area contributed by atoms with Crippen molar-refractivity contribution in [2.75, 3.05) is 11.0 Å². The number of nitrogens with zero attached hydrogens (tertiary/aromatic N) is 3. The highest BCUT2D eigenvalue weighted by molar-refractivity contribution is 7.92. The molecule has 29 heavy (non-hydrogen) atoms. The Morgan fingerprint density at radius 1 is 1.28 bits per heavy atom. The van der Waals surface area contributed by atoms with Crippen LogP contribution in [0.2, 0.25) is 10.0 Å². The molecule has 162 valence electrons. The van der Waals surface area contributed by atoms with Crippen LogP contribution in [0.25, 0.3) is 5.69 Å². The summed E-state index contributed by atoms with van der Waals surface area (Å²) in [6.45, 7) is 3.89. The Morgan fingerprint density at radius 2 is 1.72 bits per heavy atom. The summed E-state index contributed by atoms with van der Waals surface area (Å²) < 4.78 is 63.7. The molecule has 3 N–H and O–H groups in total. The van der Waals surface area contributed by atoms with Gasteiger partial charge in [0.15, 0.2) is 0 Å². The molecule has 0 amide bonds. The van der Waals surface area contributed by atoms with Gasteiger partial charge in [-0.25, -0.2) is 13.1 Å². The van der Waals surface area contributed by atoms with E-state index in [1.54, 1.807) is 0 Å². The van der Waals surface area contributed by atoms with Gasteiger partial charge in [0.25, 0.3) is 0 Å². The second-order valence-corrected chi connectivity index (χ2v) is 8.51. The molecule has 1 heterocycles. The van der Waals surface area contributed by atoms with Gasteiger partial charge < -0.3 is 5.73 Å². The van der Waals surface area contributed by atoms with Crippen molar-refractivity contribution >= 4 is 44.7 Å². The molecule has 0 aliphatic heterocycles. The van der Waals surface area contributed by atoms with Crippen molar-refractivity contribution in [2.45, 2.75) is 26.1 Å². The van der Waals surface area contributed by atoms with Gasteiger partial charge in [-0.15, -0.1) is 0 Å². The third kappa shape index (κ3) is 7.03. The average molecular weight is 478 g/mol. The van der Waals surface area contributed by atoms with Crippen LogP contribution < -0.4 is 10.5 Å². The maximum atomic E-state index is 12.8. The highest BCUT2D eigenvalue weighted by Crippen LogP contribution is 2.39. The largest absolute Gasteiger partial charge is 0.416 e. The molecular weight excluding hydrogens is 462 g/mol. The number of rotatable bonds is 4. The molecule has 0 radical (unpaired) electrons. The van der Waals surface area contributed by atoms with Crippen LogP contribution in [-0.2, 0) is 16.2 Å². The minimum absolute atomic E-state index is 0.333. The van der Waals surface area contributed by atoms with Crippen LogP contribution in [-0.4, -0.2) is 35.4 Å². The maximum Gasteiger partial charge on any atom is 0.416 e. The van der Waals surface area contributed by atoms with Crippen LogP contribution in [0.1, 0.15) is 19.4 Å². The zero-order valence-corrected chi connectivity index (χ0v) is 17.5. The highest BCUT2D eigenvalue weighted by Gasteiger charge is 2.33. The van der Waals surface area contributed by atoms with E-state index in [-0.39, 0.29) is 5.69 Å². The standard InChI is InChI=1S/C11H7Cl2F3N4O4S.C3H9N/c1-25(23,24)18-10-8(20(21)22)4-17-19(10)9-6(12)2-5(3-7(9)13)11(14,15)16;1-3(2)4/h2-4,18H,1H3;3H,4H2,1-2H3. The zero-order chi connectivity index (χ0) is 22.7. The van der Waals surface area contributed by atoms with Crippen LogP contribution in [0.4, 0.5) is 24.7 Å². The Bertz CT molecular complexity index is 983. The molecule has 0 unspecified atom stereocenters. The fourth-order valence-electron chi connectivity index (χ4n) is 1.85. The molecule has 0 saturated heterocycles. The van der Waals surface area contributed by atoms with Crippen molar-refractivity contribution in [1.29, 1.82) is 0 Å². The van der Waals surface area contributed by atoms with Crippen LogP contribution in [0.3, 0.4) is 0 Å². The molecule has 2 rings (SSSR count). The van der Waals surface area contributed by atoms with E-state index in [9.17, 15) is 31.7 Å². The first-order valence-corrected chi connectivity index (χ1v) is 10.2. The number of sulfonamides is 1. The van der Waals surface area contributed by atoms with Crippen molar-refractivity contribution in [3.63, 3.8) is 0 Å². The number of alkyl halides is 3. The highest BCUT2D eigenvalue weighted by atomic mass is 35.5. The summed E-state index contributed by atoms with van der Waals surface area (Å²) in [5.41, 5.74) is 2.87.